The molecule has 0 aromatic carbocycles. The number of quaternary nitrogens is 1. The smallest absolute Gasteiger partial charge is 0.460 e. The van der Waals surface area contributed by atoms with Crippen molar-refractivity contribution in [3.8, 4) is 0 Å². The Morgan fingerprint density at radius 2 is 1.59 bits per heavy atom. The van der Waals surface area contributed by atoms with Crippen LogP contribution >= 0.6 is 7.82 Å². The molecule has 22 heavy (non-hydrogen) atoms. The number of hydrogen-bond acceptors (Lipinski definition) is 5. The zero-order chi connectivity index (χ0) is 17.2. The number of rotatable bonds is 12. The fourth-order valence-corrected chi connectivity index (χ4v) is 2.63. The number of hydrogen-bond donors (Lipinski definition) is 1. The van der Waals surface area contributed by atoms with Gasteiger partial charge in [-0.2, -0.15) is 0 Å². The molecular formula is C14H29NO6P+. The standard InChI is InChI=1S/C14H28NO6P/c1-6-15(7-2,8-3)9-10-20-22(17,18)21-12-11-19-14(16)13(4)5/h4,6-12H2,1-3,5H3/p+1. The minimum atomic E-state index is -4.12. The van der Waals surface area contributed by atoms with E-state index in [9.17, 15) is 14.3 Å². The molecule has 0 saturated carbocycles. The number of ether oxygens (including phenoxy) is 1. The van der Waals surface area contributed by atoms with Crippen LogP contribution in [0.25, 0.3) is 0 Å². The van der Waals surface area contributed by atoms with Crippen molar-refractivity contribution in [3.63, 3.8) is 0 Å². The lowest BCUT2D eigenvalue weighted by atomic mass is 10.3. The Balaban J connectivity index is 4.07. The van der Waals surface area contributed by atoms with Gasteiger partial charge in [-0.1, -0.05) is 6.58 Å². The van der Waals surface area contributed by atoms with E-state index in [0.717, 1.165) is 24.1 Å². The van der Waals surface area contributed by atoms with Gasteiger partial charge in [0.25, 0.3) is 0 Å². The molecule has 0 aromatic rings. The van der Waals surface area contributed by atoms with Crippen LogP contribution in [0, 0.1) is 0 Å². The summed E-state index contributed by atoms with van der Waals surface area (Å²) >= 11 is 0. The van der Waals surface area contributed by atoms with E-state index in [1.165, 1.54) is 6.92 Å². The Bertz CT molecular complexity index is 400. The third-order valence-electron chi connectivity index (χ3n) is 3.75. The number of nitrogens with zero attached hydrogens (tertiary/aromatic N) is 1. The van der Waals surface area contributed by atoms with Crippen LogP contribution in [0.4, 0.5) is 0 Å². The second-order valence-corrected chi connectivity index (χ2v) is 6.52. The van der Waals surface area contributed by atoms with Crippen molar-refractivity contribution in [1.82, 2.24) is 0 Å². The normalized spacial score (nSPS) is 14.4. The molecule has 0 aliphatic heterocycles. The molecule has 130 valence electrons. The lowest BCUT2D eigenvalue weighted by Gasteiger charge is -2.35. The largest absolute Gasteiger partial charge is 0.472 e. The number of carbonyl (C=O) groups excluding carboxylic acids is 1. The molecule has 0 amide bonds. The Morgan fingerprint density at radius 3 is 2.05 bits per heavy atom. The monoisotopic (exact) mass is 338 g/mol. The van der Waals surface area contributed by atoms with E-state index in [1.54, 1.807) is 0 Å². The quantitative estimate of drug-likeness (QED) is 0.193. The number of esters is 1. The van der Waals surface area contributed by atoms with Gasteiger partial charge in [-0.15, -0.1) is 0 Å². The van der Waals surface area contributed by atoms with Crippen molar-refractivity contribution >= 4 is 13.8 Å². The molecule has 0 aliphatic rings. The molecule has 1 unspecified atom stereocenters. The summed E-state index contributed by atoms with van der Waals surface area (Å²) in [6, 6.07) is 0. The molecule has 8 heteroatoms. The molecule has 0 radical (unpaired) electrons. The Labute approximate surface area is 133 Å². The predicted octanol–water partition coefficient (Wildman–Crippen LogP) is 2.12. The minimum absolute atomic E-state index is 0.127. The SMILES string of the molecule is C=C(C)C(=O)OCCOP(=O)(O)OCC[N+](CC)(CC)CC. The molecule has 1 N–H and O–H groups in total. The van der Waals surface area contributed by atoms with E-state index in [0.29, 0.717) is 6.54 Å². The zero-order valence-corrected chi connectivity index (χ0v) is 14.9. The molecule has 0 saturated heterocycles. The topological polar surface area (TPSA) is 82.1 Å². The van der Waals surface area contributed by atoms with Crippen molar-refractivity contribution in [2.45, 2.75) is 27.7 Å². The summed E-state index contributed by atoms with van der Waals surface area (Å²) in [5.41, 5.74) is 0.260. The van der Waals surface area contributed by atoms with Crippen LogP contribution in [-0.4, -0.2) is 61.3 Å². The van der Waals surface area contributed by atoms with Crippen LogP contribution < -0.4 is 0 Å². The van der Waals surface area contributed by atoms with Crippen molar-refractivity contribution in [2.24, 2.45) is 0 Å². The van der Waals surface area contributed by atoms with Crippen LogP contribution in [0.2, 0.25) is 0 Å². The highest BCUT2D eigenvalue weighted by Gasteiger charge is 2.25. The summed E-state index contributed by atoms with van der Waals surface area (Å²) < 4.78 is 27.0. The van der Waals surface area contributed by atoms with E-state index < -0.39 is 13.8 Å². The average molecular weight is 338 g/mol. The molecule has 7 nitrogen and oxygen atoms in total. The highest BCUT2D eigenvalue weighted by molar-refractivity contribution is 7.47. The minimum Gasteiger partial charge on any atom is -0.460 e. The van der Waals surface area contributed by atoms with Gasteiger partial charge in [-0.05, 0) is 27.7 Å². The first-order valence-electron chi connectivity index (χ1n) is 7.51. The number of likely N-dealkylation sites (N-methyl/N-ethyl adjacent to an activating group) is 1. The maximum atomic E-state index is 11.7. The summed E-state index contributed by atoms with van der Waals surface area (Å²) in [7, 11) is -4.12. The fourth-order valence-electron chi connectivity index (χ4n) is 1.94. The van der Waals surface area contributed by atoms with Crippen LogP contribution in [0.3, 0.4) is 0 Å². The van der Waals surface area contributed by atoms with Gasteiger partial charge in [0.1, 0.15) is 19.8 Å². The molecule has 0 aromatic heterocycles. The predicted molar refractivity (Wildman–Crippen MR) is 84.3 cm³/mol. The van der Waals surface area contributed by atoms with Crippen molar-refractivity contribution in [3.05, 3.63) is 12.2 Å². The van der Waals surface area contributed by atoms with Gasteiger partial charge in [0.05, 0.1) is 26.2 Å². The summed E-state index contributed by atoms with van der Waals surface area (Å²) in [6.45, 7) is 14.4. The summed E-state index contributed by atoms with van der Waals surface area (Å²) in [5.74, 6) is -0.562. The lowest BCUT2D eigenvalue weighted by Crippen LogP contribution is -2.49. The third-order valence-corrected chi connectivity index (χ3v) is 4.77. The van der Waals surface area contributed by atoms with E-state index in [4.69, 9.17) is 13.8 Å². The fraction of sp³-hybridized carbons (Fsp3) is 0.786. The maximum Gasteiger partial charge on any atom is 0.472 e. The van der Waals surface area contributed by atoms with E-state index >= 15 is 0 Å². The lowest BCUT2D eigenvalue weighted by molar-refractivity contribution is -0.923. The van der Waals surface area contributed by atoms with Gasteiger partial charge in [0.2, 0.25) is 0 Å². The first-order chi connectivity index (χ1) is 10.2. The number of carbonyl (C=O) groups is 1. The Kier molecular flexibility index (Phi) is 9.80. The second-order valence-electron chi connectivity index (χ2n) is 5.07. The van der Waals surface area contributed by atoms with Gasteiger partial charge in [0, 0.05) is 5.57 Å². The average Bonchev–Trinajstić information content (AvgIpc) is 2.48. The highest BCUT2D eigenvalue weighted by Crippen LogP contribution is 2.42. The summed E-state index contributed by atoms with van der Waals surface area (Å²) in [5, 5.41) is 0. The van der Waals surface area contributed by atoms with E-state index in [1.807, 2.05) is 0 Å². The molecule has 0 rings (SSSR count). The van der Waals surface area contributed by atoms with Crippen LogP contribution in [0.5, 0.6) is 0 Å². The first kappa shape index (κ1) is 21.3. The molecule has 0 heterocycles. The van der Waals surface area contributed by atoms with E-state index in [2.05, 4.69) is 27.4 Å². The van der Waals surface area contributed by atoms with Crippen molar-refractivity contribution < 1.29 is 32.5 Å². The van der Waals surface area contributed by atoms with Gasteiger partial charge in [0.15, 0.2) is 0 Å². The number of phosphoric ester groups is 1. The molecule has 0 fully saturated rings. The van der Waals surface area contributed by atoms with Crippen LogP contribution in [0.15, 0.2) is 12.2 Å². The van der Waals surface area contributed by atoms with Crippen molar-refractivity contribution in [2.75, 3.05) is 46.0 Å². The number of phosphoric acid groups is 1. The Hall–Kier alpha value is -0.720. The van der Waals surface area contributed by atoms with Crippen LogP contribution in [-0.2, 0) is 23.1 Å². The summed E-state index contributed by atoms with van der Waals surface area (Å²) in [4.78, 5) is 20.7. The van der Waals surface area contributed by atoms with Gasteiger partial charge >= 0.3 is 13.8 Å². The second kappa shape index (κ2) is 10.1. The Morgan fingerprint density at radius 1 is 1.09 bits per heavy atom. The van der Waals surface area contributed by atoms with Gasteiger partial charge in [-0.25, -0.2) is 9.36 Å². The first-order valence-corrected chi connectivity index (χ1v) is 9.01. The molecular weight excluding hydrogens is 309 g/mol. The van der Waals surface area contributed by atoms with Gasteiger partial charge in [-0.3, -0.25) is 9.05 Å². The molecule has 0 spiro atoms. The molecule has 0 bridgehead atoms. The van der Waals surface area contributed by atoms with Crippen molar-refractivity contribution in [1.29, 1.82) is 0 Å². The third kappa shape index (κ3) is 8.06. The molecule has 1 atom stereocenters. The van der Waals surface area contributed by atoms with E-state index in [-0.39, 0.29) is 25.4 Å². The summed E-state index contributed by atoms with van der Waals surface area (Å²) in [6.07, 6.45) is 0. The van der Waals surface area contributed by atoms with Gasteiger partial charge < -0.3 is 14.1 Å². The maximum absolute atomic E-state index is 11.7. The zero-order valence-electron chi connectivity index (χ0n) is 14.0. The molecule has 0 aliphatic carbocycles. The highest BCUT2D eigenvalue weighted by atomic mass is 31.2. The van der Waals surface area contributed by atoms with Crippen LogP contribution in [0.1, 0.15) is 27.7 Å².